The molecular formula is C21H28BrFN4O3. The number of aromatic nitrogens is 2. The zero-order valence-electron chi connectivity index (χ0n) is 17.7. The first kappa shape index (κ1) is 21.4. The summed E-state index contributed by atoms with van der Waals surface area (Å²) >= 11 is 3.41. The SMILES string of the molecule is CC(C)(C)OC(=O)N1CCN(c2cc(F)c(Br)c3c2cnn3C2CCCCO2)CC1. The van der Waals surface area contributed by atoms with E-state index in [1.165, 1.54) is 0 Å². The molecule has 164 valence electrons. The number of anilines is 1. The zero-order chi connectivity index (χ0) is 21.5. The number of nitrogens with zero attached hydrogens (tertiary/aromatic N) is 4. The second kappa shape index (κ2) is 8.34. The smallest absolute Gasteiger partial charge is 0.410 e. The summed E-state index contributed by atoms with van der Waals surface area (Å²) in [5, 5.41) is 5.42. The molecule has 1 aromatic heterocycles. The van der Waals surface area contributed by atoms with Gasteiger partial charge in [0.25, 0.3) is 0 Å². The van der Waals surface area contributed by atoms with Crippen molar-refractivity contribution >= 4 is 38.6 Å². The standard InChI is InChI=1S/C21H28BrFN4O3/c1-21(2,3)30-20(28)26-9-7-25(8-10-26)16-12-15(23)18(22)19-14(16)13-24-27(19)17-6-4-5-11-29-17/h12-13,17H,4-11H2,1-3H3. The third-order valence-electron chi connectivity index (χ3n) is 5.45. The molecule has 2 saturated heterocycles. The Labute approximate surface area is 184 Å². The highest BCUT2D eigenvalue weighted by atomic mass is 79.9. The Kier molecular flexibility index (Phi) is 5.94. The Hall–Kier alpha value is -1.87. The fraction of sp³-hybridized carbons (Fsp3) is 0.619. The lowest BCUT2D eigenvalue weighted by Gasteiger charge is -2.37. The third-order valence-corrected chi connectivity index (χ3v) is 6.21. The van der Waals surface area contributed by atoms with Crippen LogP contribution in [0.2, 0.25) is 0 Å². The average molecular weight is 483 g/mol. The van der Waals surface area contributed by atoms with Crippen molar-refractivity contribution in [3.05, 3.63) is 22.6 Å². The Bertz CT molecular complexity index is 928. The van der Waals surface area contributed by atoms with Crippen LogP contribution in [0.25, 0.3) is 10.9 Å². The molecule has 0 saturated carbocycles. The minimum atomic E-state index is -0.523. The number of halogens is 2. The number of ether oxygens (including phenoxy) is 2. The van der Waals surface area contributed by atoms with Gasteiger partial charge in [-0.05, 0) is 62.0 Å². The molecule has 2 aliphatic heterocycles. The molecule has 1 amide bonds. The lowest BCUT2D eigenvalue weighted by atomic mass is 10.1. The highest BCUT2D eigenvalue weighted by molar-refractivity contribution is 9.10. The largest absolute Gasteiger partial charge is 0.444 e. The molecule has 7 nitrogen and oxygen atoms in total. The highest BCUT2D eigenvalue weighted by Gasteiger charge is 2.29. The molecule has 0 N–H and O–H groups in total. The lowest BCUT2D eigenvalue weighted by molar-refractivity contribution is -0.0367. The second-order valence-electron chi connectivity index (χ2n) is 8.82. The van der Waals surface area contributed by atoms with E-state index in [0.29, 0.717) is 42.8 Å². The number of benzene rings is 1. The van der Waals surface area contributed by atoms with Gasteiger partial charge in [-0.2, -0.15) is 5.10 Å². The molecule has 2 aromatic rings. The van der Waals surface area contributed by atoms with Gasteiger partial charge in [-0.3, -0.25) is 0 Å². The number of hydrogen-bond donors (Lipinski definition) is 0. The molecule has 4 rings (SSSR count). The average Bonchev–Trinajstić information content (AvgIpc) is 3.16. The van der Waals surface area contributed by atoms with Crippen LogP contribution in [0.3, 0.4) is 0 Å². The van der Waals surface area contributed by atoms with Crippen LogP contribution >= 0.6 is 15.9 Å². The molecule has 1 atom stereocenters. The zero-order valence-corrected chi connectivity index (χ0v) is 19.2. The van der Waals surface area contributed by atoms with E-state index in [2.05, 4.69) is 25.9 Å². The molecule has 3 heterocycles. The summed E-state index contributed by atoms with van der Waals surface area (Å²) in [4.78, 5) is 16.1. The van der Waals surface area contributed by atoms with E-state index in [1.807, 2.05) is 20.8 Å². The van der Waals surface area contributed by atoms with Crippen molar-refractivity contribution in [3.8, 4) is 0 Å². The molecule has 2 fully saturated rings. The van der Waals surface area contributed by atoms with E-state index in [9.17, 15) is 9.18 Å². The van der Waals surface area contributed by atoms with Crippen LogP contribution in [0, 0.1) is 5.82 Å². The van der Waals surface area contributed by atoms with Gasteiger partial charge in [0.05, 0.1) is 21.9 Å². The maximum atomic E-state index is 14.8. The maximum absolute atomic E-state index is 14.8. The molecule has 30 heavy (non-hydrogen) atoms. The van der Waals surface area contributed by atoms with Crippen molar-refractivity contribution < 1.29 is 18.7 Å². The monoisotopic (exact) mass is 482 g/mol. The summed E-state index contributed by atoms with van der Waals surface area (Å²) in [6, 6.07) is 1.54. The van der Waals surface area contributed by atoms with Gasteiger partial charge >= 0.3 is 6.09 Å². The Morgan fingerprint density at radius 3 is 2.63 bits per heavy atom. The fourth-order valence-corrected chi connectivity index (χ4v) is 4.51. The van der Waals surface area contributed by atoms with Gasteiger partial charge in [-0.1, -0.05) is 0 Å². The number of rotatable bonds is 2. The minimum absolute atomic E-state index is 0.175. The number of carbonyl (C=O) groups excluding carboxylic acids is 1. The first-order chi connectivity index (χ1) is 14.2. The molecule has 0 spiro atoms. The van der Waals surface area contributed by atoms with Gasteiger partial charge in [0, 0.05) is 38.2 Å². The molecule has 1 aromatic carbocycles. The summed E-state index contributed by atoms with van der Waals surface area (Å²) < 4.78 is 28.4. The quantitative estimate of drug-likeness (QED) is 0.620. The van der Waals surface area contributed by atoms with Crippen molar-refractivity contribution in [2.24, 2.45) is 0 Å². The number of piperazine rings is 1. The first-order valence-electron chi connectivity index (χ1n) is 10.4. The van der Waals surface area contributed by atoms with Crippen LogP contribution in [0.15, 0.2) is 16.7 Å². The van der Waals surface area contributed by atoms with E-state index in [0.717, 1.165) is 30.3 Å². The predicted octanol–water partition coefficient (Wildman–Crippen LogP) is 4.69. The van der Waals surface area contributed by atoms with Crippen molar-refractivity contribution in [2.75, 3.05) is 37.7 Å². The van der Waals surface area contributed by atoms with E-state index in [-0.39, 0.29) is 18.1 Å². The van der Waals surface area contributed by atoms with E-state index in [1.54, 1.807) is 21.8 Å². The minimum Gasteiger partial charge on any atom is -0.444 e. The number of carbonyl (C=O) groups is 1. The van der Waals surface area contributed by atoms with Crippen molar-refractivity contribution in [3.63, 3.8) is 0 Å². The normalized spacial score (nSPS) is 20.6. The van der Waals surface area contributed by atoms with Crippen LogP contribution in [-0.4, -0.2) is 59.2 Å². The van der Waals surface area contributed by atoms with Gasteiger partial charge in [0.15, 0.2) is 6.23 Å². The van der Waals surface area contributed by atoms with E-state index >= 15 is 0 Å². The van der Waals surface area contributed by atoms with Crippen LogP contribution in [0.1, 0.15) is 46.3 Å². The van der Waals surface area contributed by atoms with Gasteiger partial charge in [-0.15, -0.1) is 0 Å². The molecule has 0 aliphatic carbocycles. The van der Waals surface area contributed by atoms with Crippen LogP contribution in [-0.2, 0) is 9.47 Å². The predicted molar refractivity (Wildman–Crippen MR) is 116 cm³/mol. The third kappa shape index (κ3) is 4.27. The topological polar surface area (TPSA) is 59.8 Å². The maximum Gasteiger partial charge on any atom is 0.410 e. The molecule has 9 heteroatoms. The summed E-state index contributed by atoms with van der Waals surface area (Å²) in [6.07, 6.45) is 4.27. The Balaban J connectivity index is 1.57. The van der Waals surface area contributed by atoms with Crippen molar-refractivity contribution in [2.45, 2.75) is 51.9 Å². The van der Waals surface area contributed by atoms with Gasteiger partial charge in [0.2, 0.25) is 0 Å². The highest BCUT2D eigenvalue weighted by Crippen LogP contribution is 2.38. The first-order valence-corrected chi connectivity index (χ1v) is 11.2. The summed E-state index contributed by atoms with van der Waals surface area (Å²) in [6.45, 7) is 8.50. The molecule has 2 aliphatic rings. The van der Waals surface area contributed by atoms with E-state index in [4.69, 9.17) is 9.47 Å². The van der Waals surface area contributed by atoms with Gasteiger partial charge in [0.1, 0.15) is 11.4 Å². The Morgan fingerprint density at radius 2 is 2.00 bits per heavy atom. The number of hydrogen-bond acceptors (Lipinski definition) is 5. The molecule has 1 unspecified atom stereocenters. The second-order valence-corrected chi connectivity index (χ2v) is 9.61. The molecular weight excluding hydrogens is 455 g/mol. The Morgan fingerprint density at radius 1 is 1.27 bits per heavy atom. The van der Waals surface area contributed by atoms with Crippen molar-refractivity contribution in [1.29, 1.82) is 0 Å². The van der Waals surface area contributed by atoms with Crippen molar-refractivity contribution in [1.82, 2.24) is 14.7 Å². The lowest BCUT2D eigenvalue weighted by Crippen LogP contribution is -2.50. The summed E-state index contributed by atoms with van der Waals surface area (Å²) in [7, 11) is 0. The van der Waals surface area contributed by atoms with Gasteiger partial charge < -0.3 is 19.3 Å². The van der Waals surface area contributed by atoms with Crippen LogP contribution in [0.4, 0.5) is 14.9 Å². The van der Waals surface area contributed by atoms with E-state index < -0.39 is 5.60 Å². The fourth-order valence-electron chi connectivity index (χ4n) is 4.00. The molecule has 0 bridgehead atoms. The van der Waals surface area contributed by atoms with Crippen LogP contribution in [0.5, 0.6) is 0 Å². The summed E-state index contributed by atoms with van der Waals surface area (Å²) in [5.74, 6) is -0.329. The number of fused-ring (bicyclic) bond motifs is 1. The van der Waals surface area contributed by atoms with Gasteiger partial charge in [-0.25, -0.2) is 13.9 Å². The molecule has 0 radical (unpaired) electrons. The number of amides is 1. The van der Waals surface area contributed by atoms with Crippen LogP contribution < -0.4 is 4.90 Å². The summed E-state index contributed by atoms with van der Waals surface area (Å²) in [5.41, 5.74) is 0.980.